The molecule has 2 aliphatic rings. The minimum absolute atomic E-state index is 0.178. The van der Waals surface area contributed by atoms with Gasteiger partial charge >= 0.3 is 12.2 Å². The Bertz CT molecular complexity index is 1080. The van der Waals surface area contributed by atoms with Crippen LogP contribution in [0.15, 0.2) is 24.4 Å². The third-order valence-corrected chi connectivity index (χ3v) is 6.87. The molecule has 1 aromatic heterocycles. The number of hydrogen-bond donors (Lipinski definition) is 2. The zero-order valence-corrected chi connectivity index (χ0v) is 19.8. The number of carbonyl (C=O) groups excluding carboxylic acids is 1. The molecule has 2 N–H and O–H groups in total. The number of aromatic nitrogens is 2. The average molecular weight is 495 g/mol. The number of benzene rings is 1. The predicted molar refractivity (Wildman–Crippen MR) is 121 cm³/mol. The fourth-order valence-corrected chi connectivity index (χ4v) is 4.92. The molecule has 1 aromatic carbocycles. The molecule has 1 aliphatic carbocycles. The summed E-state index contributed by atoms with van der Waals surface area (Å²) in [7, 11) is 0. The lowest BCUT2D eigenvalue weighted by molar-refractivity contribution is -0.140. The summed E-state index contributed by atoms with van der Waals surface area (Å²) in [5, 5.41) is 12.6. The van der Waals surface area contributed by atoms with E-state index in [9.17, 15) is 27.5 Å². The van der Waals surface area contributed by atoms with Crippen LogP contribution in [0.1, 0.15) is 67.4 Å². The lowest BCUT2D eigenvalue weighted by Crippen LogP contribution is -2.45. The molecule has 10 heteroatoms. The van der Waals surface area contributed by atoms with E-state index in [1.165, 1.54) is 6.07 Å². The van der Waals surface area contributed by atoms with Gasteiger partial charge in [0.25, 0.3) is 0 Å². The van der Waals surface area contributed by atoms with Crippen molar-refractivity contribution in [2.24, 2.45) is 11.8 Å². The largest absolute Gasteiger partial charge is 0.419 e. The van der Waals surface area contributed by atoms with Crippen molar-refractivity contribution in [1.82, 2.24) is 20.2 Å². The number of urea groups is 1. The number of aliphatic hydroxyl groups is 1. The summed E-state index contributed by atoms with van der Waals surface area (Å²) < 4.78 is 53.0. The molecule has 0 radical (unpaired) electrons. The fraction of sp³-hybridized carbons (Fsp3) is 0.560. The smallest absolute Gasteiger partial charge is 0.393 e. The van der Waals surface area contributed by atoms with Crippen LogP contribution in [0.25, 0.3) is 0 Å². The van der Waals surface area contributed by atoms with Crippen LogP contribution < -0.4 is 5.32 Å². The highest BCUT2D eigenvalue weighted by Gasteiger charge is 2.35. The number of hydrogen-bond acceptors (Lipinski definition) is 4. The molecule has 0 bridgehead atoms. The highest BCUT2D eigenvalue weighted by Crippen LogP contribution is 2.34. The highest BCUT2D eigenvalue weighted by atomic mass is 19.4. The lowest BCUT2D eigenvalue weighted by atomic mass is 9.95. The third kappa shape index (κ3) is 5.91. The van der Waals surface area contributed by atoms with Crippen molar-refractivity contribution in [1.29, 1.82) is 0 Å². The van der Waals surface area contributed by atoms with Gasteiger partial charge in [-0.05, 0) is 60.8 Å². The first-order valence-corrected chi connectivity index (χ1v) is 11.9. The van der Waals surface area contributed by atoms with Crippen molar-refractivity contribution in [3.05, 3.63) is 58.4 Å². The number of amides is 2. The van der Waals surface area contributed by atoms with Gasteiger partial charge in [-0.2, -0.15) is 13.2 Å². The first kappa shape index (κ1) is 25.3. The summed E-state index contributed by atoms with van der Waals surface area (Å²) in [4.78, 5) is 23.8. The summed E-state index contributed by atoms with van der Waals surface area (Å²) in [6, 6.07) is 1.73. The first-order chi connectivity index (χ1) is 16.5. The van der Waals surface area contributed by atoms with E-state index < -0.39 is 23.6 Å². The molecule has 35 heavy (non-hydrogen) atoms. The Morgan fingerprint density at radius 2 is 2.06 bits per heavy atom. The van der Waals surface area contributed by atoms with Gasteiger partial charge in [0.05, 0.1) is 29.9 Å². The van der Waals surface area contributed by atoms with E-state index in [0.717, 1.165) is 36.6 Å². The fourth-order valence-electron chi connectivity index (χ4n) is 4.92. The third-order valence-electron chi connectivity index (χ3n) is 6.87. The normalized spacial score (nSPS) is 21.2. The predicted octanol–water partition coefficient (Wildman–Crippen LogP) is 4.80. The second-order valence-electron chi connectivity index (χ2n) is 9.87. The van der Waals surface area contributed by atoms with E-state index in [1.54, 1.807) is 11.1 Å². The Morgan fingerprint density at radius 3 is 2.69 bits per heavy atom. The SMILES string of the molecule is CC(C)[C@@H](NC(=O)N1CCc2cnc(C[C@H]3CC[C@H](O)C3)nc2C1)c1ccc(C(F)(F)F)c(F)c1. The van der Waals surface area contributed by atoms with Gasteiger partial charge in [-0.3, -0.25) is 0 Å². The quantitative estimate of drug-likeness (QED) is 0.586. The summed E-state index contributed by atoms with van der Waals surface area (Å²) in [6.45, 7) is 4.36. The Kier molecular flexibility index (Phi) is 7.30. The van der Waals surface area contributed by atoms with Crippen LogP contribution in [-0.4, -0.2) is 38.7 Å². The Labute approximate surface area is 201 Å². The molecule has 3 atom stereocenters. The minimum atomic E-state index is -4.78. The van der Waals surface area contributed by atoms with Crippen molar-refractivity contribution in [2.45, 2.75) is 70.8 Å². The van der Waals surface area contributed by atoms with Gasteiger partial charge < -0.3 is 15.3 Å². The van der Waals surface area contributed by atoms with E-state index >= 15 is 0 Å². The molecule has 0 spiro atoms. The van der Waals surface area contributed by atoms with E-state index in [1.807, 2.05) is 13.8 Å². The van der Waals surface area contributed by atoms with Crippen LogP contribution in [0.3, 0.4) is 0 Å². The molecular formula is C25H30F4N4O2. The number of nitrogens with zero attached hydrogens (tertiary/aromatic N) is 3. The molecule has 1 saturated carbocycles. The Hall–Kier alpha value is -2.75. The minimum Gasteiger partial charge on any atom is -0.393 e. The van der Waals surface area contributed by atoms with Crippen molar-refractivity contribution in [2.75, 3.05) is 6.54 Å². The monoisotopic (exact) mass is 494 g/mol. The Balaban J connectivity index is 1.45. The highest BCUT2D eigenvalue weighted by molar-refractivity contribution is 5.75. The molecule has 2 amide bonds. The average Bonchev–Trinajstić information content (AvgIpc) is 3.20. The summed E-state index contributed by atoms with van der Waals surface area (Å²) in [6.07, 6.45) is 0.525. The van der Waals surface area contributed by atoms with E-state index in [-0.39, 0.29) is 30.2 Å². The number of fused-ring (bicyclic) bond motifs is 1. The molecule has 6 nitrogen and oxygen atoms in total. The van der Waals surface area contributed by atoms with Crippen molar-refractivity contribution in [3.8, 4) is 0 Å². The number of rotatable bonds is 5. The maximum absolute atomic E-state index is 14.2. The van der Waals surface area contributed by atoms with Crippen molar-refractivity contribution >= 4 is 6.03 Å². The number of nitrogens with one attached hydrogen (secondary N) is 1. The standard InChI is InChI=1S/C25H30F4N4O2/c1-14(2)23(16-4-6-19(20(26)11-16)25(27,28)29)32-24(35)33-8-7-17-12-30-22(31-21(17)13-33)10-15-3-5-18(34)9-15/h4,6,11-12,14-15,18,23,34H,3,5,7-10,13H2,1-2H3,(H,32,35)/t15-,18-,23+/m0/s1. The molecule has 2 aromatic rings. The summed E-state index contributed by atoms with van der Waals surface area (Å²) in [5.74, 6) is -0.490. The van der Waals surface area contributed by atoms with Crippen LogP contribution in [-0.2, 0) is 25.6 Å². The molecule has 1 aliphatic heterocycles. The van der Waals surface area contributed by atoms with Crippen LogP contribution in [0.2, 0.25) is 0 Å². The second-order valence-corrected chi connectivity index (χ2v) is 9.87. The van der Waals surface area contributed by atoms with Crippen LogP contribution in [0.4, 0.5) is 22.4 Å². The Morgan fingerprint density at radius 1 is 1.29 bits per heavy atom. The number of aliphatic hydroxyl groups excluding tert-OH is 1. The maximum atomic E-state index is 14.2. The van der Waals surface area contributed by atoms with Crippen molar-refractivity contribution in [3.63, 3.8) is 0 Å². The zero-order chi connectivity index (χ0) is 25.3. The summed E-state index contributed by atoms with van der Waals surface area (Å²) >= 11 is 0. The number of carbonyl (C=O) groups is 1. The molecule has 4 rings (SSSR count). The van der Waals surface area contributed by atoms with Gasteiger partial charge in [-0.15, -0.1) is 0 Å². The van der Waals surface area contributed by atoms with Gasteiger partial charge in [-0.25, -0.2) is 19.2 Å². The van der Waals surface area contributed by atoms with E-state index in [2.05, 4.69) is 15.3 Å². The van der Waals surface area contributed by atoms with E-state index in [4.69, 9.17) is 0 Å². The van der Waals surface area contributed by atoms with Gasteiger partial charge in [0, 0.05) is 19.2 Å². The van der Waals surface area contributed by atoms with Gasteiger partial charge in [0.15, 0.2) is 0 Å². The lowest BCUT2D eigenvalue weighted by Gasteiger charge is -2.31. The maximum Gasteiger partial charge on any atom is 0.419 e. The molecule has 190 valence electrons. The molecule has 0 unspecified atom stereocenters. The number of halogens is 4. The van der Waals surface area contributed by atoms with Gasteiger partial charge in [-0.1, -0.05) is 19.9 Å². The van der Waals surface area contributed by atoms with Crippen LogP contribution in [0, 0.1) is 17.7 Å². The zero-order valence-electron chi connectivity index (χ0n) is 19.8. The summed E-state index contributed by atoms with van der Waals surface area (Å²) in [5.41, 5.74) is 0.705. The molecule has 1 fully saturated rings. The van der Waals surface area contributed by atoms with Crippen LogP contribution in [0.5, 0.6) is 0 Å². The van der Waals surface area contributed by atoms with Crippen LogP contribution >= 0.6 is 0 Å². The van der Waals surface area contributed by atoms with Gasteiger partial charge in [0.1, 0.15) is 11.6 Å². The molecular weight excluding hydrogens is 464 g/mol. The first-order valence-electron chi connectivity index (χ1n) is 11.9. The van der Waals surface area contributed by atoms with Crippen molar-refractivity contribution < 1.29 is 27.5 Å². The van der Waals surface area contributed by atoms with Gasteiger partial charge in [0.2, 0.25) is 0 Å². The topological polar surface area (TPSA) is 78.4 Å². The second kappa shape index (κ2) is 10.1. The molecule has 2 heterocycles. The van der Waals surface area contributed by atoms with E-state index in [0.29, 0.717) is 37.2 Å². The number of alkyl halides is 3. The molecule has 0 saturated heterocycles.